The third kappa shape index (κ3) is 4.86. The minimum Gasteiger partial charge on any atom is -0.403 e. The first kappa shape index (κ1) is 19.3. The summed E-state index contributed by atoms with van der Waals surface area (Å²) < 4.78 is 12.2. The Balaban J connectivity index is 0.00000116. The summed E-state index contributed by atoms with van der Waals surface area (Å²) in [6.07, 6.45) is 3.44. The highest BCUT2D eigenvalue weighted by atomic mass is 16.7. The molecule has 1 aromatic rings. The van der Waals surface area contributed by atoms with Crippen molar-refractivity contribution in [2.24, 2.45) is 0 Å². The van der Waals surface area contributed by atoms with Crippen molar-refractivity contribution in [2.45, 2.75) is 84.7 Å². The van der Waals surface area contributed by atoms with E-state index in [-0.39, 0.29) is 18.3 Å². The summed E-state index contributed by atoms with van der Waals surface area (Å²) in [4.78, 5) is 0. The van der Waals surface area contributed by atoms with Crippen LogP contribution in [0.1, 0.15) is 66.9 Å². The lowest BCUT2D eigenvalue weighted by Gasteiger charge is -2.32. The Morgan fingerprint density at radius 1 is 0.955 bits per heavy atom. The van der Waals surface area contributed by atoms with E-state index in [2.05, 4.69) is 65.0 Å². The fraction of sp³-hybridized carbons (Fsp3) is 0.684. The van der Waals surface area contributed by atoms with Crippen molar-refractivity contribution in [1.82, 2.24) is 0 Å². The first-order valence-electron chi connectivity index (χ1n) is 8.71. The molecule has 1 saturated heterocycles. The molecule has 1 aliphatic rings. The van der Waals surface area contributed by atoms with Gasteiger partial charge in [0, 0.05) is 0 Å². The zero-order valence-electron chi connectivity index (χ0n) is 15.5. The molecule has 1 heterocycles. The molecule has 2 rings (SSSR count). The Hall–Kier alpha value is -0.795. The van der Waals surface area contributed by atoms with E-state index in [0.29, 0.717) is 5.82 Å². The Labute approximate surface area is 137 Å². The largest absolute Gasteiger partial charge is 0.460 e. The quantitative estimate of drug-likeness (QED) is 0.667. The van der Waals surface area contributed by atoms with Crippen LogP contribution in [0.15, 0.2) is 30.3 Å². The molecule has 1 aromatic carbocycles. The molecule has 3 heteroatoms. The molecule has 0 saturated carbocycles. The Morgan fingerprint density at radius 2 is 1.45 bits per heavy atom. The lowest BCUT2D eigenvalue weighted by atomic mass is 9.70. The zero-order valence-corrected chi connectivity index (χ0v) is 15.5. The van der Waals surface area contributed by atoms with Crippen LogP contribution in [0, 0.1) is 0 Å². The van der Waals surface area contributed by atoms with Gasteiger partial charge in [0.2, 0.25) is 0 Å². The van der Waals surface area contributed by atoms with Gasteiger partial charge in [-0.05, 0) is 51.9 Å². The fourth-order valence-corrected chi connectivity index (χ4v) is 2.53. The summed E-state index contributed by atoms with van der Waals surface area (Å²) in [6, 6.07) is 10.7. The Morgan fingerprint density at radius 3 is 1.95 bits per heavy atom. The highest BCUT2D eigenvalue weighted by molar-refractivity contribution is 6.47. The van der Waals surface area contributed by atoms with Crippen molar-refractivity contribution in [3.8, 4) is 0 Å². The number of hydrogen-bond acceptors (Lipinski definition) is 2. The highest BCUT2D eigenvalue weighted by Gasteiger charge is 2.52. The first-order valence-corrected chi connectivity index (χ1v) is 8.71. The van der Waals surface area contributed by atoms with Gasteiger partial charge in [-0.2, -0.15) is 0 Å². The second kappa shape index (κ2) is 8.17. The van der Waals surface area contributed by atoms with Crippen molar-refractivity contribution in [3.05, 3.63) is 35.9 Å². The van der Waals surface area contributed by atoms with E-state index >= 15 is 0 Å². The van der Waals surface area contributed by atoms with Crippen molar-refractivity contribution >= 4 is 7.12 Å². The van der Waals surface area contributed by atoms with Gasteiger partial charge in [0.1, 0.15) is 0 Å². The van der Waals surface area contributed by atoms with Gasteiger partial charge in [-0.25, -0.2) is 0 Å². The molecule has 1 fully saturated rings. The van der Waals surface area contributed by atoms with Gasteiger partial charge in [-0.15, -0.1) is 0 Å². The molecule has 1 aliphatic heterocycles. The van der Waals surface area contributed by atoms with Crippen LogP contribution < -0.4 is 0 Å². The molecule has 0 spiro atoms. The summed E-state index contributed by atoms with van der Waals surface area (Å²) >= 11 is 0. The number of aryl methyl sites for hydroxylation is 1. The van der Waals surface area contributed by atoms with Gasteiger partial charge in [0.25, 0.3) is 0 Å². The maximum atomic E-state index is 6.11. The molecule has 0 aliphatic carbocycles. The molecule has 1 atom stereocenters. The van der Waals surface area contributed by atoms with Crippen molar-refractivity contribution in [1.29, 1.82) is 0 Å². The molecule has 0 unspecified atom stereocenters. The van der Waals surface area contributed by atoms with Crippen LogP contribution in [-0.4, -0.2) is 18.3 Å². The monoisotopic (exact) mass is 304 g/mol. The molecule has 0 aromatic heterocycles. The molecule has 0 radical (unpaired) electrons. The van der Waals surface area contributed by atoms with Crippen LogP contribution >= 0.6 is 0 Å². The van der Waals surface area contributed by atoms with Crippen LogP contribution in [0.2, 0.25) is 5.82 Å². The summed E-state index contributed by atoms with van der Waals surface area (Å²) in [7, 11) is -0.0734. The summed E-state index contributed by atoms with van der Waals surface area (Å²) in [6.45, 7) is 14.7. The van der Waals surface area contributed by atoms with E-state index in [0.717, 1.165) is 12.8 Å². The lowest BCUT2D eigenvalue weighted by Crippen LogP contribution is -2.41. The molecule has 0 bridgehead atoms. The van der Waals surface area contributed by atoms with E-state index in [4.69, 9.17) is 9.31 Å². The second-order valence-electron chi connectivity index (χ2n) is 6.98. The van der Waals surface area contributed by atoms with Crippen LogP contribution in [0.4, 0.5) is 0 Å². The van der Waals surface area contributed by atoms with E-state index < -0.39 is 0 Å². The molecule has 2 nitrogen and oxygen atoms in total. The SMILES string of the molecule is CC.C[C@H](CCCc1ccccc1)B1OC(C)(C)C(C)(C)O1. The number of benzene rings is 1. The molecule has 0 amide bonds. The summed E-state index contributed by atoms with van der Waals surface area (Å²) in [5, 5.41) is 0. The average molecular weight is 304 g/mol. The van der Waals surface area contributed by atoms with E-state index in [1.165, 1.54) is 12.0 Å². The van der Waals surface area contributed by atoms with Gasteiger partial charge in [-0.3, -0.25) is 0 Å². The minimum absolute atomic E-state index is 0.0734. The standard InChI is InChI=1S/C17H27BO2.C2H6/c1-14(10-9-13-15-11-7-6-8-12-15)18-19-16(2,3)17(4,5)20-18;1-2/h6-8,11-12,14H,9-10,13H2,1-5H3;1-2H3/t14-;/m1./s1. The van der Waals surface area contributed by atoms with Crippen LogP contribution in [-0.2, 0) is 15.7 Å². The smallest absolute Gasteiger partial charge is 0.403 e. The maximum absolute atomic E-state index is 6.11. The van der Waals surface area contributed by atoms with Crippen molar-refractivity contribution < 1.29 is 9.31 Å². The first-order chi connectivity index (χ1) is 10.3. The van der Waals surface area contributed by atoms with Gasteiger partial charge >= 0.3 is 7.12 Å². The van der Waals surface area contributed by atoms with Gasteiger partial charge < -0.3 is 9.31 Å². The maximum Gasteiger partial charge on any atom is 0.460 e. The number of rotatable bonds is 5. The Kier molecular flexibility index (Phi) is 7.15. The van der Waals surface area contributed by atoms with Gasteiger partial charge in [0.15, 0.2) is 0 Å². The highest BCUT2D eigenvalue weighted by Crippen LogP contribution is 2.40. The van der Waals surface area contributed by atoms with Crippen molar-refractivity contribution in [3.63, 3.8) is 0 Å². The molecular formula is C19H33BO2. The minimum atomic E-state index is -0.217. The third-order valence-corrected chi connectivity index (χ3v) is 4.70. The predicted molar refractivity (Wildman–Crippen MR) is 96.2 cm³/mol. The van der Waals surface area contributed by atoms with Crippen LogP contribution in [0.25, 0.3) is 0 Å². The molecule has 22 heavy (non-hydrogen) atoms. The summed E-state index contributed by atoms with van der Waals surface area (Å²) in [5.74, 6) is 0.430. The fourth-order valence-electron chi connectivity index (χ4n) is 2.53. The lowest BCUT2D eigenvalue weighted by molar-refractivity contribution is 0.00578. The van der Waals surface area contributed by atoms with Crippen LogP contribution in [0.3, 0.4) is 0 Å². The zero-order chi connectivity index (χ0) is 16.8. The summed E-state index contributed by atoms with van der Waals surface area (Å²) in [5.41, 5.74) is 0.977. The van der Waals surface area contributed by atoms with Crippen LogP contribution in [0.5, 0.6) is 0 Å². The average Bonchev–Trinajstić information content (AvgIpc) is 2.71. The molecule has 0 N–H and O–H groups in total. The van der Waals surface area contributed by atoms with Crippen molar-refractivity contribution in [2.75, 3.05) is 0 Å². The molecule has 124 valence electrons. The van der Waals surface area contributed by atoms with Gasteiger partial charge in [0.05, 0.1) is 11.2 Å². The van der Waals surface area contributed by atoms with Gasteiger partial charge in [-0.1, -0.05) is 57.5 Å². The molecular weight excluding hydrogens is 271 g/mol. The predicted octanol–water partition coefficient (Wildman–Crippen LogP) is 5.52. The third-order valence-electron chi connectivity index (χ3n) is 4.70. The Bertz CT molecular complexity index is 412. The second-order valence-corrected chi connectivity index (χ2v) is 6.98. The van der Waals surface area contributed by atoms with E-state index in [1.54, 1.807) is 0 Å². The van der Waals surface area contributed by atoms with E-state index in [1.807, 2.05) is 13.8 Å². The normalized spacial score (nSPS) is 20.2. The topological polar surface area (TPSA) is 18.5 Å². The number of hydrogen-bond donors (Lipinski definition) is 0. The van der Waals surface area contributed by atoms with E-state index in [9.17, 15) is 0 Å².